The van der Waals surface area contributed by atoms with Gasteiger partial charge in [-0.2, -0.15) is 5.10 Å². The number of hydrogen-bond donors (Lipinski definition) is 0. The van der Waals surface area contributed by atoms with Crippen LogP contribution in [-0.4, -0.2) is 17.8 Å². The zero-order valence-corrected chi connectivity index (χ0v) is 25.8. The number of fused-ring (bicyclic) bond motifs is 1. The topological polar surface area (TPSA) is 15.6 Å². The number of hydrogen-bond acceptors (Lipinski definition) is 2. The molecule has 0 fully saturated rings. The fourth-order valence-electron chi connectivity index (χ4n) is 6.33. The molecule has 0 N–H and O–H groups in total. The number of allylic oxidation sites excluding steroid dienone is 3. The van der Waals surface area contributed by atoms with E-state index in [2.05, 4.69) is 133 Å². The van der Waals surface area contributed by atoms with Gasteiger partial charge >= 0.3 is 0 Å². The van der Waals surface area contributed by atoms with Crippen molar-refractivity contribution in [1.82, 2.24) is 5.01 Å². The fourth-order valence-corrected chi connectivity index (χ4v) is 6.33. The van der Waals surface area contributed by atoms with Crippen LogP contribution in [0.25, 0.3) is 34.0 Å². The van der Waals surface area contributed by atoms with Crippen LogP contribution in [0.4, 0.5) is 0 Å². The summed E-state index contributed by atoms with van der Waals surface area (Å²) in [4.78, 5) is 0. The van der Waals surface area contributed by atoms with Crippen LogP contribution in [0.5, 0.6) is 0 Å². The predicted molar refractivity (Wildman–Crippen MR) is 183 cm³/mol. The van der Waals surface area contributed by atoms with Gasteiger partial charge in [0.1, 0.15) is 0 Å². The number of rotatable bonds is 8. The number of nitrogens with zero attached hydrogens (tertiary/aromatic N) is 2. The summed E-state index contributed by atoms with van der Waals surface area (Å²) < 4.78 is 0. The SMILES string of the molecule is C=C/C(=N/N(C)C(=C)c1cc(-c2ccccc2)ccc1C)c1cc2c(cc1C)C(C)(C)C(c1ccccc1C=C)=C2C. The summed E-state index contributed by atoms with van der Waals surface area (Å²) in [5.41, 5.74) is 16.0. The molecule has 0 aromatic heterocycles. The lowest BCUT2D eigenvalue weighted by Crippen LogP contribution is -2.18. The average Bonchev–Trinajstić information content (AvgIpc) is 3.19. The van der Waals surface area contributed by atoms with E-state index in [1.807, 2.05) is 30.3 Å². The summed E-state index contributed by atoms with van der Waals surface area (Å²) in [5, 5.41) is 6.91. The van der Waals surface area contributed by atoms with Crippen molar-refractivity contribution in [2.45, 2.75) is 40.0 Å². The van der Waals surface area contributed by atoms with Crippen LogP contribution in [0.2, 0.25) is 0 Å². The minimum absolute atomic E-state index is 0.139. The molecule has 0 saturated heterocycles. The van der Waals surface area contributed by atoms with Crippen LogP contribution in [0, 0.1) is 13.8 Å². The second kappa shape index (κ2) is 11.3. The minimum Gasteiger partial charge on any atom is -0.268 e. The van der Waals surface area contributed by atoms with E-state index in [4.69, 9.17) is 5.10 Å². The molecule has 0 atom stereocenters. The van der Waals surface area contributed by atoms with E-state index in [0.717, 1.165) is 39.2 Å². The van der Waals surface area contributed by atoms with Crippen LogP contribution in [0.3, 0.4) is 0 Å². The molecule has 0 aliphatic heterocycles. The molecule has 0 heterocycles. The Balaban J connectivity index is 1.54. The Morgan fingerprint density at radius 1 is 0.762 bits per heavy atom. The third-order valence-electron chi connectivity index (χ3n) is 8.67. The Morgan fingerprint density at radius 3 is 2.14 bits per heavy atom. The summed E-state index contributed by atoms with van der Waals surface area (Å²) in [7, 11) is 1.96. The number of hydrazone groups is 1. The van der Waals surface area contributed by atoms with Crippen molar-refractivity contribution in [1.29, 1.82) is 0 Å². The molecule has 0 saturated carbocycles. The Bertz CT molecular complexity index is 1780. The van der Waals surface area contributed by atoms with Crippen LogP contribution >= 0.6 is 0 Å². The molecule has 0 amide bonds. The third-order valence-corrected chi connectivity index (χ3v) is 8.67. The molecule has 4 aromatic rings. The lowest BCUT2D eigenvalue weighted by atomic mass is 9.76. The number of benzene rings is 4. The first kappa shape index (κ1) is 28.8. The van der Waals surface area contributed by atoms with Crippen molar-refractivity contribution in [3.8, 4) is 11.1 Å². The summed E-state index contributed by atoms with van der Waals surface area (Å²) in [6, 6.07) is 30.1. The fraction of sp³-hybridized carbons (Fsp3) is 0.175. The van der Waals surface area contributed by atoms with E-state index in [1.54, 1.807) is 0 Å². The molecule has 210 valence electrons. The smallest absolute Gasteiger partial charge is 0.0905 e. The highest BCUT2D eigenvalue weighted by atomic mass is 15.4. The predicted octanol–water partition coefficient (Wildman–Crippen LogP) is 10.3. The van der Waals surface area contributed by atoms with Gasteiger partial charge in [-0.25, -0.2) is 0 Å². The van der Waals surface area contributed by atoms with Gasteiger partial charge in [0.15, 0.2) is 0 Å². The van der Waals surface area contributed by atoms with Gasteiger partial charge in [-0.1, -0.05) is 112 Å². The minimum atomic E-state index is -0.139. The molecule has 1 aliphatic rings. The van der Waals surface area contributed by atoms with Crippen LogP contribution in [0.1, 0.15) is 65.3 Å². The molecule has 0 spiro atoms. The Labute approximate surface area is 251 Å². The summed E-state index contributed by atoms with van der Waals surface area (Å²) in [6.45, 7) is 23.8. The quantitative estimate of drug-likeness (QED) is 0.158. The normalized spacial score (nSPS) is 14.0. The van der Waals surface area contributed by atoms with Crippen molar-refractivity contribution in [2.75, 3.05) is 7.05 Å². The Kier molecular flexibility index (Phi) is 7.75. The largest absolute Gasteiger partial charge is 0.268 e. The molecule has 0 radical (unpaired) electrons. The van der Waals surface area contributed by atoms with Gasteiger partial charge in [0.2, 0.25) is 0 Å². The van der Waals surface area contributed by atoms with Crippen LogP contribution in [-0.2, 0) is 5.41 Å². The monoisotopic (exact) mass is 548 g/mol. The first-order valence-corrected chi connectivity index (χ1v) is 14.5. The van der Waals surface area contributed by atoms with E-state index in [0.29, 0.717) is 0 Å². The highest BCUT2D eigenvalue weighted by Crippen LogP contribution is 2.52. The third kappa shape index (κ3) is 4.99. The Hall–Kier alpha value is -4.69. The molecular formula is C40H40N2. The van der Waals surface area contributed by atoms with E-state index in [-0.39, 0.29) is 5.41 Å². The van der Waals surface area contributed by atoms with Crippen LogP contribution < -0.4 is 0 Å². The maximum absolute atomic E-state index is 5.04. The van der Waals surface area contributed by atoms with E-state index < -0.39 is 0 Å². The zero-order valence-electron chi connectivity index (χ0n) is 25.8. The van der Waals surface area contributed by atoms with Crippen molar-refractivity contribution >= 4 is 28.6 Å². The van der Waals surface area contributed by atoms with E-state index in [9.17, 15) is 0 Å². The van der Waals surface area contributed by atoms with Gasteiger partial charge in [0.05, 0.1) is 11.4 Å². The first-order chi connectivity index (χ1) is 20.1. The lowest BCUT2D eigenvalue weighted by Gasteiger charge is -2.27. The highest BCUT2D eigenvalue weighted by molar-refractivity contribution is 6.11. The highest BCUT2D eigenvalue weighted by Gasteiger charge is 2.38. The summed E-state index contributed by atoms with van der Waals surface area (Å²) in [6.07, 6.45) is 3.80. The van der Waals surface area contributed by atoms with E-state index >= 15 is 0 Å². The second-order valence-electron chi connectivity index (χ2n) is 11.7. The summed E-state index contributed by atoms with van der Waals surface area (Å²) >= 11 is 0. The van der Waals surface area contributed by atoms with Gasteiger partial charge in [0, 0.05) is 23.6 Å². The van der Waals surface area contributed by atoms with Crippen molar-refractivity contribution in [2.24, 2.45) is 5.10 Å². The molecule has 0 bridgehead atoms. The Morgan fingerprint density at radius 2 is 1.45 bits per heavy atom. The molecule has 2 nitrogen and oxygen atoms in total. The van der Waals surface area contributed by atoms with Gasteiger partial charge in [-0.15, -0.1) is 0 Å². The molecule has 5 rings (SSSR count). The van der Waals surface area contributed by atoms with Gasteiger partial charge in [0.25, 0.3) is 0 Å². The maximum Gasteiger partial charge on any atom is 0.0905 e. The molecule has 4 aromatic carbocycles. The van der Waals surface area contributed by atoms with Crippen molar-refractivity contribution in [3.05, 3.63) is 155 Å². The van der Waals surface area contributed by atoms with E-state index in [1.165, 1.54) is 39.0 Å². The molecule has 2 heteroatoms. The molecule has 0 unspecified atom stereocenters. The average molecular weight is 549 g/mol. The van der Waals surface area contributed by atoms with Gasteiger partial charge in [-0.05, 0) is 94.6 Å². The van der Waals surface area contributed by atoms with Crippen molar-refractivity contribution < 1.29 is 0 Å². The lowest BCUT2D eigenvalue weighted by molar-refractivity contribution is 0.518. The molecular weight excluding hydrogens is 508 g/mol. The maximum atomic E-state index is 5.04. The van der Waals surface area contributed by atoms with Gasteiger partial charge in [-0.3, -0.25) is 5.01 Å². The molecule has 1 aliphatic carbocycles. The zero-order chi connectivity index (χ0) is 30.2. The molecule has 42 heavy (non-hydrogen) atoms. The standard InChI is InChI=1S/C40H40N2/c1-10-30-17-15-16-20-33(30)39-28(5)36-25-35(27(4)23-37(36)40(39,7)8)38(11-2)41-42(9)29(6)34-24-32(22-21-26(34)3)31-18-13-12-14-19-31/h10-25H,1-2,6H2,3-5,7-9H3/b41-38-. The number of aryl methyl sites for hydroxylation is 2. The first-order valence-electron chi connectivity index (χ1n) is 14.5. The second-order valence-corrected chi connectivity index (χ2v) is 11.7. The van der Waals surface area contributed by atoms with Crippen molar-refractivity contribution in [3.63, 3.8) is 0 Å². The van der Waals surface area contributed by atoms with Gasteiger partial charge < -0.3 is 0 Å². The summed E-state index contributed by atoms with van der Waals surface area (Å²) in [5.74, 6) is 0. The van der Waals surface area contributed by atoms with Crippen LogP contribution in [0.15, 0.2) is 116 Å².